The first kappa shape index (κ1) is 10.0. The monoisotopic (exact) mass is 170 g/mol. The number of nitrogens with one attached hydrogen (secondary N) is 1. The Labute approximate surface area is 75.9 Å². The Balaban J connectivity index is 2.29. The SMILES string of the molecule is CCC(CCN)C1CCCNC1. The first-order valence-corrected chi connectivity index (χ1v) is 5.29. The molecule has 0 aromatic heterocycles. The van der Waals surface area contributed by atoms with Gasteiger partial charge in [-0.15, -0.1) is 0 Å². The second kappa shape index (κ2) is 5.55. The zero-order valence-electron chi connectivity index (χ0n) is 8.18. The maximum absolute atomic E-state index is 5.59. The van der Waals surface area contributed by atoms with Crippen molar-refractivity contribution in [1.29, 1.82) is 0 Å². The lowest BCUT2D eigenvalue weighted by atomic mass is 9.82. The van der Waals surface area contributed by atoms with Crippen molar-refractivity contribution in [2.75, 3.05) is 19.6 Å². The van der Waals surface area contributed by atoms with Crippen molar-refractivity contribution < 1.29 is 0 Å². The van der Waals surface area contributed by atoms with E-state index >= 15 is 0 Å². The maximum atomic E-state index is 5.59. The lowest BCUT2D eigenvalue weighted by molar-refractivity contribution is 0.247. The van der Waals surface area contributed by atoms with E-state index in [1.165, 1.54) is 38.8 Å². The van der Waals surface area contributed by atoms with E-state index in [0.29, 0.717) is 0 Å². The summed E-state index contributed by atoms with van der Waals surface area (Å²) in [5.41, 5.74) is 5.59. The summed E-state index contributed by atoms with van der Waals surface area (Å²) in [5.74, 6) is 1.76. The van der Waals surface area contributed by atoms with Crippen LogP contribution in [0.25, 0.3) is 0 Å². The van der Waals surface area contributed by atoms with Gasteiger partial charge in [0.05, 0.1) is 0 Å². The zero-order chi connectivity index (χ0) is 8.81. The molecule has 0 aliphatic carbocycles. The summed E-state index contributed by atoms with van der Waals surface area (Å²) in [5, 5.41) is 3.47. The Morgan fingerprint density at radius 1 is 1.58 bits per heavy atom. The molecule has 12 heavy (non-hydrogen) atoms. The topological polar surface area (TPSA) is 38.0 Å². The van der Waals surface area contributed by atoms with Crippen LogP contribution in [0.3, 0.4) is 0 Å². The third kappa shape index (κ3) is 2.76. The van der Waals surface area contributed by atoms with Crippen LogP contribution in [0.15, 0.2) is 0 Å². The summed E-state index contributed by atoms with van der Waals surface area (Å²) < 4.78 is 0. The van der Waals surface area contributed by atoms with Crippen LogP contribution in [0, 0.1) is 11.8 Å². The minimum Gasteiger partial charge on any atom is -0.330 e. The van der Waals surface area contributed by atoms with Crippen LogP contribution in [0.5, 0.6) is 0 Å². The van der Waals surface area contributed by atoms with Gasteiger partial charge in [0.15, 0.2) is 0 Å². The van der Waals surface area contributed by atoms with E-state index in [2.05, 4.69) is 12.2 Å². The largest absolute Gasteiger partial charge is 0.330 e. The van der Waals surface area contributed by atoms with Crippen molar-refractivity contribution in [2.45, 2.75) is 32.6 Å². The Bertz CT molecular complexity index is 106. The lowest BCUT2D eigenvalue weighted by Crippen LogP contribution is -2.34. The summed E-state index contributed by atoms with van der Waals surface area (Å²) in [7, 11) is 0. The van der Waals surface area contributed by atoms with Gasteiger partial charge in [0.1, 0.15) is 0 Å². The molecule has 1 rings (SSSR count). The highest BCUT2D eigenvalue weighted by Crippen LogP contribution is 2.24. The van der Waals surface area contributed by atoms with Gasteiger partial charge in [-0.3, -0.25) is 0 Å². The quantitative estimate of drug-likeness (QED) is 0.668. The molecule has 1 fully saturated rings. The van der Waals surface area contributed by atoms with Gasteiger partial charge in [-0.05, 0) is 50.7 Å². The normalized spacial score (nSPS) is 27.0. The van der Waals surface area contributed by atoms with Crippen molar-refractivity contribution in [3.8, 4) is 0 Å². The summed E-state index contributed by atoms with van der Waals surface area (Å²) in [4.78, 5) is 0. The molecule has 0 bridgehead atoms. The molecule has 0 aromatic carbocycles. The average molecular weight is 170 g/mol. The van der Waals surface area contributed by atoms with Gasteiger partial charge in [-0.25, -0.2) is 0 Å². The first-order chi connectivity index (χ1) is 5.88. The van der Waals surface area contributed by atoms with Crippen molar-refractivity contribution in [1.82, 2.24) is 5.32 Å². The summed E-state index contributed by atoms with van der Waals surface area (Å²) in [6.45, 7) is 5.58. The predicted molar refractivity (Wildman–Crippen MR) is 53.0 cm³/mol. The molecule has 1 heterocycles. The Kier molecular flexibility index (Phi) is 4.62. The summed E-state index contributed by atoms with van der Waals surface area (Å²) >= 11 is 0. The second-order valence-corrected chi connectivity index (χ2v) is 3.85. The molecule has 3 N–H and O–H groups in total. The van der Waals surface area contributed by atoms with Gasteiger partial charge in [0.2, 0.25) is 0 Å². The van der Waals surface area contributed by atoms with Crippen molar-refractivity contribution in [2.24, 2.45) is 17.6 Å². The van der Waals surface area contributed by atoms with Crippen LogP contribution in [0.4, 0.5) is 0 Å². The molecule has 0 saturated carbocycles. The van der Waals surface area contributed by atoms with Crippen molar-refractivity contribution in [3.63, 3.8) is 0 Å². The molecule has 0 aromatic rings. The van der Waals surface area contributed by atoms with E-state index in [0.717, 1.165) is 18.4 Å². The first-order valence-electron chi connectivity index (χ1n) is 5.29. The van der Waals surface area contributed by atoms with Crippen LogP contribution in [-0.2, 0) is 0 Å². The number of hydrogen-bond donors (Lipinski definition) is 2. The van der Waals surface area contributed by atoms with Crippen LogP contribution >= 0.6 is 0 Å². The van der Waals surface area contributed by atoms with E-state index in [-0.39, 0.29) is 0 Å². The van der Waals surface area contributed by atoms with Gasteiger partial charge < -0.3 is 11.1 Å². The molecule has 0 spiro atoms. The molecule has 72 valence electrons. The number of nitrogens with two attached hydrogens (primary N) is 1. The molecule has 2 unspecified atom stereocenters. The lowest BCUT2D eigenvalue weighted by Gasteiger charge is -2.29. The molecule has 1 aliphatic rings. The van der Waals surface area contributed by atoms with E-state index in [4.69, 9.17) is 5.73 Å². The molecule has 1 aliphatic heterocycles. The van der Waals surface area contributed by atoms with Crippen LogP contribution in [0.2, 0.25) is 0 Å². The number of piperidine rings is 1. The maximum Gasteiger partial charge on any atom is -0.00179 e. The van der Waals surface area contributed by atoms with Crippen molar-refractivity contribution in [3.05, 3.63) is 0 Å². The zero-order valence-corrected chi connectivity index (χ0v) is 8.18. The molecular weight excluding hydrogens is 148 g/mol. The van der Waals surface area contributed by atoms with Gasteiger partial charge in [-0.2, -0.15) is 0 Å². The molecule has 2 nitrogen and oxygen atoms in total. The Morgan fingerprint density at radius 2 is 2.42 bits per heavy atom. The second-order valence-electron chi connectivity index (χ2n) is 3.85. The minimum atomic E-state index is 0.856. The third-order valence-electron chi connectivity index (χ3n) is 3.06. The highest BCUT2D eigenvalue weighted by atomic mass is 14.9. The molecule has 2 heteroatoms. The Morgan fingerprint density at radius 3 is 2.92 bits per heavy atom. The van der Waals surface area contributed by atoms with Gasteiger partial charge in [-0.1, -0.05) is 13.3 Å². The highest BCUT2D eigenvalue weighted by molar-refractivity contribution is 4.75. The number of rotatable bonds is 4. The molecule has 2 atom stereocenters. The fourth-order valence-electron chi connectivity index (χ4n) is 2.27. The van der Waals surface area contributed by atoms with E-state index in [1.54, 1.807) is 0 Å². The smallest absolute Gasteiger partial charge is 0.00179 e. The fourth-order valence-corrected chi connectivity index (χ4v) is 2.27. The van der Waals surface area contributed by atoms with Crippen molar-refractivity contribution >= 4 is 0 Å². The Hall–Kier alpha value is -0.0800. The van der Waals surface area contributed by atoms with Gasteiger partial charge in [0.25, 0.3) is 0 Å². The fraction of sp³-hybridized carbons (Fsp3) is 1.00. The molecular formula is C10H22N2. The van der Waals surface area contributed by atoms with Crippen LogP contribution < -0.4 is 11.1 Å². The molecule has 1 saturated heterocycles. The van der Waals surface area contributed by atoms with E-state index in [9.17, 15) is 0 Å². The average Bonchev–Trinajstić information content (AvgIpc) is 2.15. The van der Waals surface area contributed by atoms with Crippen LogP contribution in [0.1, 0.15) is 32.6 Å². The highest BCUT2D eigenvalue weighted by Gasteiger charge is 2.20. The standard InChI is InChI=1S/C10H22N2/c1-2-9(5-6-11)10-4-3-7-12-8-10/h9-10,12H,2-8,11H2,1H3. The minimum absolute atomic E-state index is 0.856. The van der Waals surface area contributed by atoms with E-state index < -0.39 is 0 Å². The van der Waals surface area contributed by atoms with Gasteiger partial charge >= 0.3 is 0 Å². The number of hydrogen-bond acceptors (Lipinski definition) is 2. The molecule has 0 radical (unpaired) electrons. The predicted octanol–water partition coefficient (Wildman–Crippen LogP) is 1.36. The van der Waals surface area contributed by atoms with Gasteiger partial charge in [0, 0.05) is 0 Å². The van der Waals surface area contributed by atoms with E-state index in [1.807, 2.05) is 0 Å². The van der Waals surface area contributed by atoms with Crippen LogP contribution in [-0.4, -0.2) is 19.6 Å². The molecule has 0 amide bonds. The third-order valence-corrected chi connectivity index (χ3v) is 3.06. The summed E-state index contributed by atoms with van der Waals surface area (Å²) in [6.07, 6.45) is 5.27. The summed E-state index contributed by atoms with van der Waals surface area (Å²) in [6, 6.07) is 0.